The molecule has 1 atom stereocenters. The fourth-order valence-electron chi connectivity index (χ4n) is 3.19. The van der Waals surface area contributed by atoms with Crippen molar-refractivity contribution < 1.29 is 9.53 Å². The number of rotatable bonds is 7. The highest BCUT2D eigenvalue weighted by Gasteiger charge is 2.25. The topological polar surface area (TPSA) is 58.8 Å². The zero-order valence-corrected chi connectivity index (χ0v) is 17.5. The molecule has 154 valence electrons. The molecule has 0 aliphatic carbocycles. The molecule has 2 aromatic rings. The highest BCUT2D eigenvalue weighted by Crippen LogP contribution is 2.10. The van der Waals surface area contributed by atoms with Gasteiger partial charge in [-0.05, 0) is 24.1 Å². The van der Waals surface area contributed by atoms with Gasteiger partial charge in [-0.3, -0.25) is 9.69 Å². The molecule has 5 nitrogen and oxygen atoms in total. The van der Waals surface area contributed by atoms with E-state index < -0.39 is 6.04 Å². The molecule has 0 radical (unpaired) electrons. The average Bonchev–Trinajstić information content (AvgIpc) is 2.69. The third-order valence-electron chi connectivity index (χ3n) is 4.72. The lowest BCUT2D eigenvalue weighted by Gasteiger charge is -2.35. The molecular weight excluding hydrogens is 397 g/mol. The van der Waals surface area contributed by atoms with E-state index in [1.165, 1.54) is 0 Å². The molecule has 1 saturated heterocycles. The molecule has 0 saturated carbocycles. The van der Waals surface area contributed by atoms with Crippen LogP contribution in [-0.4, -0.2) is 61.1 Å². The minimum absolute atomic E-state index is 0. The fourth-order valence-corrected chi connectivity index (χ4v) is 3.19. The van der Waals surface area contributed by atoms with Gasteiger partial charge in [-0.25, -0.2) is 0 Å². The first kappa shape index (κ1) is 24.2. The van der Waals surface area contributed by atoms with Gasteiger partial charge in [0.1, 0.15) is 12.4 Å². The van der Waals surface area contributed by atoms with Gasteiger partial charge in [-0.2, -0.15) is 0 Å². The Morgan fingerprint density at radius 3 is 2.11 bits per heavy atom. The summed E-state index contributed by atoms with van der Waals surface area (Å²) in [4.78, 5) is 16.8. The van der Waals surface area contributed by atoms with Crippen molar-refractivity contribution in [3.63, 3.8) is 0 Å². The van der Waals surface area contributed by atoms with E-state index in [9.17, 15) is 4.79 Å². The summed E-state index contributed by atoms with van der Waals surface area (Å²) in [5.74, 6) is 0.947. The number of benzene rings is 2. The zero-order chi connectivity index (χ0) is 18.2. The smallest absolute Gasteiger partial charge is 0.239 e. The quantitative estimate of drug-likeness (QED) is 0.740. The van der Waals surface area contributed by atoms with Crippen molar-refractivity contribution in [3.05, 3.63) is 66.2 Å². The number of para-hydroxylation sites is 1. The van der Waals surface area contributed by atoms with Gasteiger partial charge in [0.25, 0.3) is 0 Å². The van der Waals surface area contributed by atoms with Gasteiger partial charge < -0.3 is 15.4 Å². The first-order chi connectivity index (χ1) is 12.7. The number of carbonyl (C=O) groups excluding carboxylic acids is 1. The number of piperazine rings is 1. The molecule has 1 heterocycles. The van der Waals surface area contributed by atoms with Crippen LogP contribution < -0.4 is 10.5 Å². The molecule has 1 aliphatic rings. The molecule has 0 aromatic heterocycles. The van der Waals surface area contributed by atoms with Crippen molar-refractivity contribution in [2.45, 2.75) is 12.5 Å². The van der Waals surface area contributed by atoms with Crippen LogP contribution in [0.15, 0.2) is 60.7 Å². The Morgan fingerprint density at radius 2 is 1.50 bits per heavy atom. The minimum Gasteiger partial charge on any atom is -0.492 e. The fraction of sp³-hybridized carbons (Fsp3) is 0.381. The number of amides is 1. The normalized spacial score (nSPS) is 15.1. The molecule has 2 N–H and O–H groups in total. The molecule has 1 aliphatic heterocycles. The molecule has 2 aromatic carbocycles. The number of carbonyl (C=O) groups is 1. The highest BCUT2D eigenvalue weighted by atomic mass is 35.5. The average molecular weight is 426 g/mol. The molecule has 7 heteroatoms. The van der Waals surface area contributed by atoms with E-state index in [-0.39, 0.29) is 30.7 Å². The summed E-state index contributed by atoms with van der Waals surface area (Å²) in [6.07, 6.45) is 0.588. The summed E-state index contributed by atoms with van der Waals surface area (Å²) in [7, 11) is 0. The number of hydrogen-bond donors (Lipinski definition) is 1. The largest absolute Gasteiger partial charge is 0.492 e. The van der Waals surface area contributed by atoms with E-state index in [1.54, 1.807) is 0 Å². The lowest BCUT2D eigenvalue weighted by Crippen LogP contribution is -2.54. The molecule has 3 rings (SSSR count). The van der Waals surface area contributed by atoms with E-state index >= 15 is 0 Å². The van der Waals surface area contributed by atoms with Crippen LogP contribution >= 0.6 is 24.8 Å². The third-order valence-corrected chi connectivity index (χ3v) is 4.72. The molecule has 0 spiro atoms. The maximum atomic E-state index is 12.6. The van der Waals surface area contributed by atoms with E-state index in [0.717, 1.165) is 44.0 Å². The summed E-state index contributed by atoms with van der Waals surface area (Å²) in [5.41, 5.74) is 7.24. The number of halogens is 2. The van der Waals surface area contributed by atoms with Crippen LogP contribution in [-0.2, 0) is 11.2 Å². The summed E-state index contributed by atoms with van der Waals surface area (Å²) < 4.78 is 5.75. The van der Waals surface area contributed by atoms with Crippen LogP contribution in [0.4, 0.5) is 0 Å². The molecular formula is C21H29Cl2N3O2. The van der Waals surface area contributed by atoms with Crippen molar-refractivity contribution >= 4 is 30.7 Å². The Balaban J connectivity index is 0.00000196. The Hall–Kier alpha value is -1.79. The highest BCUT2D eigenvalue weighted by molar-refractivity contribution is 5.85. The number of hydrogen-bond acceptors (Lipinski definition) is 4. The summed E-state index contributed by atoms with van der Waals surface area (Å²) in [5, 5.41) is 0. The van der Waals surface area contributed by atoms with Gasteiger partial charge in [0, 0.05) is 32.7 Å². The monoisotopic (exact) mass is 425 g/mol. The Kier molecular flexibility index (Phi) is 10.9. The van der Waals surface area contributed by atoms with E-state index in [2.05, 4.69) is 4.90 Å². The predicted octanol–water partition coefficient (Wildman–Crippen LogP) is 2.62. The van der Waals surface area contributed by atoms with Gasteiger partial charge in [0.05, 0.1) is 6.04 Å². The lowest BCUT2D eigenvalue weighted by molar-refractivity contribution is -0.134. The van der Waals surface area contributed by atoms with Crippen LogP contribution in [0, 0.1) is 0 Å². The van der Waals surface area contributed by atoms with Crippen LogP contribution in [0.2, 0.25) is 0 Å². The first-order valence-corrected chi connectivity index (χ1v) is 9.21. The minimum atomic E-state index is -0.467. The summed E-state index contributed by atoms with van der Waals surface area (Å²) >= 11 is 0. The van der Waals surface area contributed by atoms with E-state index in [1.807, 2.05) is 65.6 Å². The van der Waals surface area contributed by atoms with Gasteiger partial charge in [-0.15, -0.1) is 24.8 Å². The van der Waals surface area contributed by atoms with E-state index in [0.29, 0.717) is 13.0 Å². The molecule has 1 amide bonds. The first-order valence-electron chi connectivity index (χ1n) is 9.21. The summed E-state index contributed by atoms with van der Waals surface area (Å²) in [6.45, 7) is 4.71. The maximum absolute atomic E-state index is 12.6. The van der Waals surface area contributed by atoms with Gasteiger partial charge in [0.15, 0.2) is 0 Å². The number of nitrogens with zero attached hydrogens (tertiary/aromatic N) is 2. The maximum Gasteiger partial charge on any atom is 0.239 e. The molecule has 28 heavy (non-hydrogen) atoms. The molecule has 0 bridgehead atoms. The van der Waals surface area contributed by atoms with Gasteiger partial charge in [-0.1, -0.05) is 48.5 Å². The standard InChI is InChI=1S/C21H27N3O2.2ClH/c22-20(17-18-7-3-1-4-8-18)21(25)24-13-11-23(12-14-24)15-16-26-19-9-5-2-6-10-19;;/h1-10,20H,11-17,22H2;2*1H. The van der Waals surface area contributed by atoms with Crippen LogP contribution in [0.3, 0.4) is 0 Å². The van der Waals surface area contributed by atoms with Crippen molar-refractivity contribution in [2.75, 3.05) is 39.3 Å². The van der Waals surface area contributed by atoms with Crippen LogP contribution in [0.5, 0.6) is 5.75 Å². The zero-order valence-electron chi connectivity index (χ0n) is 15.9. The predicted molar refractivity (Wildman–Crippen MR) is 118 cm³/mol. The Bertz CT molecular complexity index is 681. The molecule has 1 unspecified atom stereocenters. The number of ether oxygens (including phenoxy) is 1. The van der Waals surface area contributed by atoms with E-state index in [4.69, 9.17) is 10.5 Å². The van der Waals surface area contributed by atoms with Gasteiger partial charge in [0.2, 0.25) is 5.91 Å². The second-order valence-electron chi connectivity index (χ2n) is 6.62. The Morgan fingerprint density at radius 1 is 0.929 bits per heavy atom. The van der Waals surface area contributed by atoms with Crippen molar-refractivity contribution in [1.82, 2.24) is 9.80 Å². The summed E-state index contributed by atoms with van der Waals surface area (Å²) in [6, 6.07) is 19.3. The van der Waals surface area contributed by atoms with Gasteiger partial charge >= 0.3 is 0 Å². The van der Waals surface area contributed by atoms with Crippen LogP contribution in [0.1, 0.15) is 5.56 Å². The SMILES string of the molecule is Cl.Cl.NC(Cc1ccccc1)C(=O)N1CCN(CCOc2ccccc2)CC1. The lowest BCUT2D eigenvalue weighted by atomic mass is 10.1. The van der Waals surface area contributed by atoms with Crippen molar-refractivity contribution in [2.24, 2.45) is 5.73 Å². The molecule has 1 fully saturated rings. The number of nitrogens with two attached hydrogens (primary N) is 1. The van der Waals surface area contributed by atoms with Crippen LogP contribution in [0.25, 0.3) is 0 Å². The second kappa shape index (κ2) is 12.6. The second-order valence-corrected chi connectivity index (χ2v) is 6.62. The van der Waals surface area contributed by atoms with Crippen molar-refractivity contribution in [3.8, 4) is 5.75 Å². The Labute approximate surface area is 179 Å². The third kappa shape index (κ3) is 7.32. The van der Waals surface area contributed by atoms with Crippen molar-refractivity contribution in [1.29, 1.82) is 0 Å².